The van der Waals surface area contributed by atoms with Gasteiger partial charge in [0, 0.05) is 17.8 Å². The van der Waals surface area contributed by atoms with Crippen molar-refractivity contribution in [2.24, 2.45) is 0 Å². The van der Waals surface area contributed by atoms with Gasteiger partial charge in [0.1, 0.15) is 0 Å². The van der Waals surface area contributed by atoms with E-state index in [9.17, 15) is 4.79 Å². The van der Waals surface area contributed by atoms with Crippen molar-refractivity contribution in [2.75, 3.05) is 6.54 Å². The van der Waals surface area contributed by atoms with Gasteiger partial charge in [0.15, 0.2) is 0 Å². The number of fused-ring (bicyclic) bond motifs is 1. The molecule has 3 rings (SSSR count). The highest BCUT2D eigenvalue weighted by Gasteiger charge is 2.27. The molecule has 5 heteroatoms. The second kappa shape index (κ2) is 4.65. The standard InChI is InChI=1S/C13H12BrN3O/c14-9-5-13(18)17(7-9)8-10-6-15-11-3-1-2-4-12(11)16-10/h1-4,6,9H,5,7-8H2. The van der Waals surface area contributed by atoms with Gasteiger partial charge in [-0.3, -0.25) is 9.78 Å². The van der Waals surface area contributed by atoms with Crippen molar-refractivity contribution in [1.29, 1.82) is 0 Å². The summed E-state index contributed by atoms with van der Waals surface area (Å²) < 4.78 is 0. The van der Waals surface area contributed by atoms with Crippen LogP contribution in [0.1, 0.15) is 12.1 Å². The fraction of sp³-hybridized carbons (Fsp3) is 0.308. The molecule has 1 unspecified atom stereocenters. The molecule has 2 aromatic rings. The van der Waals surface area contributed by atoms with Crippen molar-refractivity contribution in [1.82, 2.24) is 14.9 Å². The maximum absolute atomic E-state index is 11.7. The summed E-state index contributed by atoms with van der Waals surface area (Å²) in [6.07, 6.45) is 2.32. The SMILES string of the molecule is O=C1CC(Br)CN1Cc1cnc2ccccc2n1. The largest absolute Gasteiger partial charge is 0.336 e. The second-order valence-electron chi connectivity index (χ2n) is 4.43. The number of carbonyl (C=O) groups excluding carboxylic acids is 1. The van der Waals surface area contributed by atoms with Crippen LogP contribution in [0, 0.1) is 0 Å². The van der Waals surface area contributed by atoms with Crippen LogP contribution in [0.2, 0.25) is 0 Å². The average molecular weight is 306 g/mol. The highest BCUT2D eigenvalue weighted by atomic mass is 79.9. The maximum Gasteiger partial charge on any atom is 0.224 e. The first-order chi connectivity index (χ1) is 8.72. The number of alkyl halides is 1. The summed E-state index contributed by atoms with van der Waals surface area (Å²) in [5.41, 5.74) is 2.59. The molecule has 0 aliphatic carbocycles. The minimum Gasteiger partial charge on any atom is -0.336 e. The minimum absolute atomic E-state index is 0.173. The molecular weight excluding hydrogens is 294 g/mol. The monoisotopic (exact) mass is 305 g/mol. The molecule has 1 aromatic heterocycles. The Labute approximate surface area is 113 Å². The number of para-hydroxylation sites is 2. The number of hydrogen-bond acceptors (Lipinski definition) is 3. The van der Waals surface area contributed by atoms with Crippen molar-refractivity contribution >= 4 is 32.9 Å². The molecule has 0 N–H and O–H groups in total. The van der Waals surface area contributed by atoms with Crippen molar-refractivity contribution in [3.63, 3.8) is 0 Å². The lowest BCUT2D eigenvalue weighted by molar-refractivity contribution is -0.128. The Morgan fingerprint density at radius 3 is 2.83 bits per heavy atom. The summed E-state index contributed by atoms with van der Waals surface area (Å²) in [6, 6.07) is 7.75. The van der Waals surface area contributed by atoms with Crippen LogP contribution < -0.4 is 0 Å². The van der Waals surface area contributed by atoms with Gasteiger partial charge in [-0.2, -0.15) is 0 Å². The fourth-order valence-corrected chi connectivity index (χ4v) is 2.77. The summed E-state index contributed by atoms with van der Waals surface area (Å²) in [6.45, 7) is 1.28. The number of benzene rings is 1. The van der Waals surface area contributed by atoms with E-state index in [4.69, 9.17) is 0 Å². The molecule has 2 heterocycles. The highest BCUT2D eigenvalue weighted by molar-refractivity contribution is 9.09. The Bertz CT molecular complexity index is 602. The molecule has 0 radical (unpaired) electrons. The zero-order valence-corrected chi connectivity index (χ0v) is 11.3. The van der Waals surface area contributed by atoms with Crippen LogP contribution in [0.5, 0.6) is 0 Å². The fourth-order valence-electron chi connectivity index (χ4n) is 2.14. The number of nitrogens with zero attached hydrogens (tertiary/aromatic N) is 3. The van der Waals surface area contributed by atoms with E-state index in [1.165, 1.54) is 0 Å². The highest BCUT2D eigenvalue weighted by Crippen LogP contribution is 2.20. The normalized spacial score (nSPS) is 19.7. The van der Waals surface area contributed by atoms with Gasteiger partial charge in [0.05, 0.1) is 29.5 Å². The van der Waals surface area contributed by atoms with Crippen molar-refractivity contribution in [2.45, 2.75) is 17.8 Å². The molecule has 18 heavy (non-hydrogen) atoms. The molecule has 4 nitrogen and oxygen atoms in total. The molecule has 1 amide bonds. The van der Waals surface area contributed by atoms with Gasteiger partial charge >= 0.3 is 0 Å². The Morgan fingerprint density at radius 1 is 1.33 bits per heavy atom. The maximum atomic E-state index is 11.7. The number of halogens is 1. The van der Waals surface area contributed by atoms with Crippen molar-refractivity contribution in [3.8, 4) is 0 Å². The zero-order valence-electron chi connectivity index (χ0n) is 9.71. The van der Waals surface area contributed by atoms with Crippen LogP contribution in [-0.2, 0) is 11.3 Å². The van der Waals surface area contributed by atoms with Crippen LogP contribution in [0.3, 0.4) is 0 Å². The van der Waals surface area contributed by atoms with Gasteiger partial charge in [-0.1, -0.05) is 28.1 Å². The van der Waals surface area contributed by atoms with E-state index in [0.29, 0.717) is 13.0 Å². The minimum atomic E-state index is 0.173. The Balaban J connectivity index is 1.84. The number of likely N-dealkylation sites (tertiary alicyclic amines) is 1. The average Bonchev–Trinajstić information content (AvgIpc) is 2.68. The summed E-state index contributed by atoms with van der Waals surface area (Å²) in [4.78, 5) is 22.7. The molecule has 0 spiro atoms. The Hall–Kier alpha value is -1.49. The molecule has 92 valence electrons. The van der Waals surface area contributed by atoms with E-state index in [2.05, 4.69) is 25.9 Å². The molecule has 1 fully saturated rings. The Morgan fingerprint density at radius 2 is 2.11 bits per heavy atom. The Kier molecular flexibility index (Phi) is 2.99. The first-order valence-electron chi connectivity index (χ1n) is 5.85. The van der Waals surface area contributed by atoms with Crippen molar-refractivity contribution < 1.29 is 4.79 Å². The van der Waals surface area contributed by atoms with Crippen LogP contribution in [-0.4, -0.2) is 32.1 Å². The number of carbonyl (C=O) groups is 1. The lowest BCUT2D eigenvalue weighted by Crippen LogP contribution is -2.25. The lowest BCUT2D eigenvalue weighted by Gasteiger charge is -2.15. The predicted octanol–water partition coefficient (Wildman–Crippen LogP) is 2.13. The number of aromatic nitrogens is 2. The first kappa shape index (κ1) is 11.6. The molecule has 1 aliphatic rings. The number of amides is 1. The van der Waals surface area contributed by atoms with E-state index >= 15 is 0 Å². The number of rotatable bonds is 2. The molecular formula is C13H12BrN3O. The van der Waals surface area contributed by atoms with E-state index in [-0.39, 0.29) is 10.7 Å². The van der Waals surface area contributed by atoms with Gasteiger partial charge in [-0.15, -0.1) is 0 Å². The van der Waals surface area contributed by atoms with E-state index < -0.39 is 0 Å². The van der Waals surface area contributed by atoms with E-state index in [0.717, 1.165) is 23.3 Å². The first-order valence-corrected chi connectivity index (χ1v) is 6.76. The third-order valence-electron chi connectivity index (χ3n) is 3.02. The number of hydrogen-bond donors (Lipinski definition) is 0. The predicted molar refractivity (Wildman–Crippen MR) is 72.3 cm³/mol. The molecule has 0 saturated carbocycles. The van der Waals surface area contributed by atoms with Crippen LogP contribution in [0.25, 0.3) is 11.0 Å². The molecule has 1 aliphatic heterocycles. The topological polar surface area (TPSA) is 46.1 Å². The van der Waals surface area contributed by atoms with Crippen LogP contribution >= 0.6 is 15.9 Å². The smallest absolute Gasteiger partial charge is 0.224 e. The van der Waals surface area contributed by atoms with Crippen molar-refractivity contribution in [3.05, 3.63) is 36.2 Å². The van der Waals surface area contributed by atoms with Gasteiger partial charge in [-0.25, -0.2) is 4.98 Å². The van der Waals surface area contributed by atoms with E-state index in [1.54, 1.807) is 6.20 Å². The van der Waals surface area contributed by atoms with Crippen LogP contribution in [0.4, 0.5) is 0 Å². The quantitative estimate of drug-likeness (QED) is 0.799. The van der Waals surface area contributed by atoms with Crippen LogP contribution in [0.15, 0.2) is 30.5 Å². The zero-order chi connectivity index (χ0) is 12.5. The molecule has 1 saturated heterocycles. The van der Waals surface area contributed by atoms with Gasteiger partial charge in [-0.05, 0) is 12.1 Å². The summed E-state index contributed by atoms with van der Waals surface area (Å²) in [5, 5.41) is 0. The summed E-state index contributed by atoms with van der Waals surface area (Å²) in [5.74, 6) is 0.173. The van der Waals surface area contributed by atoms with Gasteiger partial charge in [0.25, 0.3) is 0 Å². The lowest BCUT2D eigenvalue weighted by atomic mass is 10.3. The molecule has 1 aromatic carbocycles. The molecule has 0 bridgehead atoms. The van der Waals surface area contributed by atoms with E-state index in [1.807, 2.05) is 29.2 Å². The third-order valence-corrected chi connectivity index (χ3v) is 3.63. The van der Waals surface area contributed by atoms with Gasteiger partial charge < -0.3 is 4.90 Å². The molecule has 1 atom stereocenters. The van der Waals surface area contributed by atoms with Gasteiger partial charge in [0.2, 0.25) is 5.91 Å². The summed E-state index contributed by atoms with van der Waals surface area (Å²) >= 11 is 3.47. The third kappa shape index (κ3) is 2.22. The second-order valence-corrected chi connectivity index (χ2v) is 5.72. The summed E-state index contributed by atoms with van der Waals surface area (Å²) in [7, 11) is 0.